The van der Waals surface area contributed by atoms with Gasteiger partial charge in [0.15, 0.2) is 0 Å². The minimum absolute atomic E-state index is 0.172. The number of nitrogens with one attached hydrogen (secondary N) is 1. The van der Waals surface area contributed by atoms with Gasteiger partial charge in [-0.3, -0.25) is 10.1 Å². The van der Waals surface area contributed by atoms with E-state index in [0.29, 0.717) is 12.3 Å². The monoisotopic (exact) mass is 315 g/mol. The van der Waals surface area contributed by atoms with Crippen LogP contribution >= 0.6 is 0 Å². The zero-order chi connectivity index (χ0) is 16.0. The predicted molar refractivity (Wildman–Crippen MR) is 61.2 cm³/mol. The normalized spacial score (nSPS) is 11.7. The quantitative estimate of drug-likeness (QED) is 0.362. The molecule has 0 aliphatic rings. The smallest absolute Gasteiger partial charge is 0.377 e. The van der Waals surface area contributed by atoms with Crippen molar-refractivity contribution in [2.45, 2.75) is 12.6 Å². The lowest BCUT2D eigenvalue weighted by Gasteiger charge is -2.10. The van der Waals surface area contributed by atoms with Gasteiger partial charge in [-0.2, -0.15) is 13.2 Å². The molecular formula is C10H10F5N3O3. The van der Waals surface area contributed by atoms with Crippen molar-refractivity contribution in [1.82, 2.24) is 4.98 Å². The maximum atomic E-state index is 12.5. The molecule has 0 spiro atoms. The Balaban J connectivity index is 2.75. The molecular weight excluding hydrogens is 305 g/mol. The molecule has 118 valence electrons. The summed E-state index contributed by atoms with van der Waals surface area (Å²) in [5.41, 5.74) is -2.37. The van der Waals surface area contributed by atoms with Gasteiger partial charge in [0.25, 0.3) is 6.43 Å². The molecule has 1 rings (SSSR count). The fraction of sp³-hybridized carbons (Fsp3) is 0.500. The number of pyridine rings is 1. The van der Waals surface area contributed by atoms with Crippen LogP contribution in [0.3, 0.4) is 0 Å². The molecule has 1 aromatic heterocycles. The zero-order valence-electron chi connectivity index (χ0n) is 10.4. The molecule has 0 radical (unpaired) electrons. The van der Waals surface area contributed by atoms with Crippen LogP contribution in [0, 0.1) is 10.1 Å². The van der Waals surface area contributed by atoms with Gasteiger partial charge in [0.05, 0.1) is 11.5 Å². The average Bonchev–Trinajstić information content (AvgIpc) is 2.36. The molecule has 0 fully saturated rings. The maximum Gasteiger partial charge on any atom is 0.433 e. The Hall–Kier alpha value is -2.04. The molecule has 1 N–H and O–H groups in total. The van der Waals surface area contributed by atoms with Gasteiger partial charge in [0.1, 0.15) is 24.2 Å². The van der Waals surface area contributed by atoms with Crippen LogP contribution in [-0.2, 0) is 10.9 Å². The predicted octanol–water partition coefficient (Wildman–Crippen LogP) is 2.70. The number of hydrogen-bond acceptors (Lipinski definition) is 5. The van der Waals surface area contributed by atoms with Gasteiger partial charge in [-0.05, 0) is 6.07 Å². The maximum absolute atomic E-state index is 12.5. The first-order valence-electron chi connectivity index (χ1n) is 5.53. The summed E-state index contributed by atoms with van der Waals surface area (Å²) < 4.78 is 65.4. The van der Waals surface area contributed by atoms with E-state index in [2.05, 4.69) is 15.0 Å². The zero-order valence-corrected chi connectivity index (χ0v) is 10.4. The summed E-state index contributed by atoms with van der Waals surface area (Å²) in [6, 6.07) is 0.477. The van der Waals surface area contributed by atoms with E-state index in [1.54, 1.807) is 0 Å². The van der Waals surface area contributed by atoms with E-state index in [1.165, 1.54) is 0 Å². The van der Waals surface area contributed by atoms with Crippen LogP contribution in [0.15, 0.2) is 12.3 Å². The molecule has 0 saturated carbocycles. The largest absolute Gasteiger partial charge is 0.433 e. The van der Waals surface area contributed by atoms with Crippen molar-refractivity contribution >= 4 is 11.4 Å². The Labute approximate surface area is 115 Å². The highest BCUT2D eigenvalue weighted by Gasteiger charge is 2.34. The van der Waals surface area contributed by atoms with E-state index >= 15 is 0 Å². The first-order valence-corrected chi connectivity index (χ1v) is 5.53. The lowest BCUT2D eigenvalue weighted by molar-refractivity contribution is -0.384. The minimum Gasteiger partial charge on any atom is -0.377 e. The highest BCUT2D eigenvalue weighted by molar-refractivity contribution is 5.61. The summed E-state index contributed by atoms with van der Waals surface area (Å²) >= 11 is 0. The van der Waals surface area contributed by atoms with E-state index in [1.807, 2.05) is 0 Å². The van der Waals surface area contributed by atoms with E-state index in [9.17, 15) is 32.1 Å². The topological polar surface area (TPSA) is 77.3 Å². The lowest BCUT2D eigenvalue weighted by Crippen LogP contribution is -2.15. The molecule has 0 bridgehead atoms. The summed E-state index contributed by atoms with van der Waals surface area (Å²) in [5, 5.41) is 13.0. The van der Waals surface area contributed by atoms with Gasteiger partial charge >= 0.3 is 11.9 Å². The molecule has 1 heterocycles. The Morgan fingerprint density at radius 3 is 2.62 bits per heavy atom. The number of rotatable bonds is 7. The van der Waals surface area contributed by atoms with Gasteiger partial charge in [0.2, 0.25) is 0 Å². The van der Waals surface area contributed by atoms with Crippen LogP contribution in [0.25, 0.3) is 0 Å². The Kier molecular flexibility index (Phi) is 5.76. The van der Waals surface area contributed by atoms with Crippen molar-refractivity contribution in [3.05, 3.63) is 28.1 Å². The number of nitro groups is 1. The Bertz CT molecular complexity index is 495. The van der Waals surface area contributed by atoms with Gasteiger partial charge in [-0.15, -0.1) is 0 Å². The van der Waals surface area contributed by atoms with E-state index in [0.717, 1.165) is 0 Å². The third-order valence-electron chi connectivity index (χ3n) is 2.18. The molecule has 1 aromatic rings. The number of nitrogens with zero attached hydrogens (tertiary/aromatic N) is 2. The fourth-order valence-corrected chi connectivity index (χ4v) is 1.32. The van der Waals surface area contributed by atoms with Gasteiger partial charge in [-0.1, -0.05) is 0 Å². The lowest BCUT2D eigenvalue weighted by atomic mass is 10.2. The van der Waals surface area contributed by atoms with E-state index < -0.39 is 41.2 Å². The molecule has 0 aliphatic carbocycles. The first-order chi connectivity index (χ1) is 9.71. The second-order valence-electron chi connectivity index (χ2n) is 3.73. The highest BCUT2D eigenvalue weighted by Crippen LogP contribution is 2.32. The summed E-state index contributed by atoms with van der Waals surface area (Å²) in [6.07, 6.45) is -6.94. The van der Waals surface area contributed by atoms with Crippen LogP contribution in [-0.4, -0.2) is 36.1 Å². The minimum atomic E-state index is -4.75. The van der Waals surface area contributed by atoms with Crippen molar-refractivity contribution in [3.8, 4) is 0 Å². The van der Waals surface area contributed by atoms with Crippen LogP contribution in [0.5, 0.6) is 0 Å². The molecule has 0 amide bonds. The van der Waals surface area contributed by atoms with E-state index in [4.69, 9.17) is 0 Å². The molecule has 0 aliphatic heterocycles. The van der Waals surface area contributed by atoms with E-state index in [-0.39, 0.29) is 13.2 Å². The molecule has 6 nitrogen and oxygen atoms in total. The number of ether oxygens (including phenoxy) is 1. The molecule has 11 heteroatoms. The number of aromatic nitrogens is 1. The van der Waals surface area contributed by atoms with Crippen molar-refractivity contribution in [1.29, 1.82) is 0 Å². The second-order valence-corrected chi connectivity index (χ2v) is 3.73. The molecule has 0 unspecified atom stereocenters. The van der Waals surface area contributed by atoms with Crippen molar-refractivity contribution in [2.24, 2.45) is 0 Å². The van der Waals surface area contributed by atoms with Crippen LogP contribution < -0.4 is 5.32 Å². The standard InChI is InChI=1S/C10H10F5N3O3/c11-9(12)5-21-2-1-16-6-3-8(10(13,14)15)17-4-7(6)18(19)20/h3-4,9H,1-2,5H2,(H,16,17). The van der Waals surface area contributed by atoms with Crippen LogP contribution in [0.1, 0.15) is 5.69 Å². The molecule has 0 atom stereocenters. The number of hydrogen-bond donors (Lipinski definition) is 1. The third-order valence-corrected chi connectivity index (χ3v) is 2.18. The SMILES string of the molecule is O=[N+]([O-])c1cnc(C(F)(F)F)cc1NCCOCC(F)F. The summed E-state index contributed by atoms with van der Waals surface area (Å²) in [6.45, 7) is -1.24. The fourth-order valence-electron chi connectivity index (χ4n) is 1.32. The Morgan fingerprint density at radius 1 is 1.43 bits per heavy atom. The second kappa shape index (κ2) is 7.11. The molecule has 0 saturated heterocycles. The average molecular weight is 315 g/mol. The van der Waals surface area contributed by atoms with Gasteiger partial charge in [-0.25, -0.2) is 13.8 Å². The summed E-state index contributed by atoms with van der Waals surface area (Å²) in [4.78, 5) is 12.7. The Morgan fingerprint density at radius 2 is 2.10 bits per heavy atom. The van der Waals surface area contributed by atoms with Crippen molar-refractivity contribution < 1.29 is 31.6 Å². The number of anilines is 1. The van der Waals surface area contributed by atoms with Gasteiger partial charge < -0.3 is 10.1 Å². The summed E-state index contributed by atoms with van der Waals surface area (Å²) in [5.74, 6) is 0. The molecule has 21 heavy (non-hydrogen) atoms. The van der Waals surface area contributed by atoms with Crippen LogP contribution in [0.4, 0.5) is 33.3 Å². The van der Waals surface area contributed by atoms with Gasteiger partial charge in [0, 0.05) is 6.54 Å². The van der Waals surface area contributed by atoms with Crippen molar-refractivity contribution in [3.63, 3.8) is 0 Å². The number of alkyl halides is 5. The molecule has 0 aromatic carbocycles. The van der Waals surface area contributed by atoms with Crippen LogP contribution in [0.2, 0.25) is 0 Å². The number of halogens is 5. The third kappa shape index (κ3) is 5.45. The van der Waals surface area contributed by atoms with Crippen molar-refractivity contribution in [2.75, 3.05) is 25.1 Å². The first kappa shape index (κ1) is 17.0. The highest BCUT2D eigenvalue weighted by atomic mass is 19.4. The summed E-state index contributed by atoms with van der Waals surface area (Å²) in [7, 11) is 0.